The lowest BCUT2D eigenvalue weighted by Crippen LogP contribution is -2.31. The lowest BCUT2D eigenvalue weighted by molar-refractivity contribution is -0.123. The van der Waals surface area contributed by atoms with Crippen LogP contribution in [0.2, 0.25) is 0 Å². The molecule has 0 spiro atoms. The molecule has 1 N–H and O–H groups in total. The van der Waals surface area contributed by atoms with Crippen molar-refractivity contribution in [3.63, 3.8) is 0 Å². The molecule has 22 heavy (non-hydrogen) atoms. The number of benzene rings is 2. The zero-order chi connectivity index (χ0) is 16.1. The molecule has 1 unspecified atom stereocenters. The highest BCUT2D eigenvalue weighted by molar-refractivity contribution is 5.78. The van der Waals surface area contributed by atoms with E-state index in [0.29, 0.717) is 0 Å². The number of carbonyl (C=O) groups is 1. The van der Waals surface area contributed by atoms with E-state index in [1.807, 2.05) is 57.2 Å². The van der Waals surface area contributed by atoms with Crippen molar-refractivity contribution in [1.82, 2.24) is 5.32 Å². The zero-order valence-corrected chi connectivity index (χ0v) is 13.6. The first-order chi connectivity index (χ1) is 10.5. The van der Waals surface area contributed by atoms with Crippen molar-refractivity contribution in [3.05, 3.63) is 64.7 Å². The van der Waals surface area contributed by atoms with Crippen molar-refractivity contribution in [2.45, 2.75) is 33.7 Å². The maximum atomic E-state index is 12.0. The second kappa shape index (κ2) is 7.12. The van der Waals surface area contributed by atoms with Gasteiger partial charge < -0.3 is 10.1 Å². The van der Waals surface area contributed by atoms with Crippen LogP contribution in [0.25, 0.3) is 0 Å². The van der Waals surface area contributed by atoms with Gasteiger partial charge in [0.1, 0.15) is 5.75 Å². The van der Waals surface area contributed by atoms with E-state index in [4.69, 9.17) is 4.74 Å². The second-order valence-electron chi connectivity index (χ2n) is 5.69. The molecule has 2 rings (SSSR count). The molecule has 0 fully saturated rings. The molecular formula is C19H23NO2. The van der Waals surface area contributed by atoms with E-state index in [-0.39, 0.29) is 18.6 Å². The Labute approximate surface area is 132 Å². The van der Waals surface area contributed by atoms with Crippen LogP contribution < -0.4 is 10.1 Å². The van der Waals surface area contributed by atoms with Crippen LogP contribution >= 0.6 is 0 Å². The van der Waals surface area contributed by atoms with Gasteiger partial charge in [0, 0.05) is 0 Å². The summed E-state index contributed by atoms with van der Waals surface area (Å²) < 4.78 is 5.66. The standard InChI is InChI=1S/C19H23NO2/c1-13-10-15(3)18(11-14(13)2)22-12-19(21)20-16(4)17-8-6-5-7-9-17/h5-11,16H,12H2,1-4H3,(H,20,21). The summed E-state index contributed by atoms with van der Waals surface area (Å²) in [5.74, 6) is 0.652. The average Bonchev–Trinajstić information content (AvgIpc) is 2.50. The highest BCUT2D eigenvalue weighted by Crippen LogP contribution is 2.22. The number of carbonyl (C=O) groups excluding carboxylic acids is 1. The van der Waals surface area contributed by atoms with Crippen molar-refractivity contribution in [2.75, 3.05) is 6.61 Å². The molecule has 2 aromatic rings. The number of amides is 1. The summed E-state index contributed by atoms with van der Waals surface area (Å²) in [6, 6.07) is 13.9. The van der Waals surface area contributed by atoms with Crippen LogP contribution in [0.3, 0.4) is 0 Å². The molecule has 0 saturated carbocycles. The van der Waals surface area contributed by atoms with E-state index in [0.717, 1.165) is 16.9 Å². The van der Waals surface area contributed by atoms with Gasteiger partial charge in [0.05, 0.1) is 6.04 Å². The SMILES string of the molecule is Cc1cc(C)c(OCC(=O)NC(C)c2ccccc2)cc1C. The molecule has 0 aliphatic carbocycles. The summed E-state index contributed by atoms with van der Waals surface area (Å²) >= 11 is 0. The summed E-state index contributed by atoms with van der Waals surface area (Å²) in [5.41, 5.74) is 4.52. The third-order valence-corrected chi connectivity index (χ3v) is 3.83. The highest BCUT2D eigenvalue weighted by atomic mass is 16.5. The Hall–Kier alpha value is -2.29. The van der Waals surface area contributed by atoms with Crippen LogP contribution in [0, 0.1) is 20.8 Å². The summed E-state index contributed by atoms with van der Waals surface area (Å²) in [5, 5.41) is 2.95. The Kier molecular flexibility index (Phi) is 5.21. The van der Waals surface area contributed by atoms with Gasteiger partial charge in [0.15, 0.2) is 6.61 Å². The van der Waals surface area contributed by atoms with Crippen molar-refractivity contribution < 1.29 is 9.53 Å². The number of ether oxygens (including phenoxy) is 1. The van der Waals surface area contributed by atoms with E-state index >= 15 is 0 Å². The topological polar surface area (TPSA) is 38.3 Å². The number of hydrogen-bond acceptors (Lipinski definition) is 2. The number of nitrogens with one attached hydrogen (secondary N) is 1. The Morgan fingerprint density at radius 1 is 1.05 bits per heavy atom. The van der Waals surface area contributed by atoms with E-state index in [9.17, 15) is 4.79 Å². The fourth-order valence-electron chi connectivity index (χ4n) is 2.34. The lowest BCUT2D eigenvalue weighted by Gasteiger charge is -2.16. The highest BCUT2D eigenvalue weighted by Gasteiger charge is 2.11. The second-order valence-corrected chi connectivity index (χ2v) is 5.69. The molecule has 3 nitrogen and oxygen atoms in total. The number of hydrogen-bond donors (Lipinski definition) is 1. The number of rotatable bonds is 5. The molecule has 2 aromatic carbocycles. The number of aryl methyl sites for hydroxylation is 3. The summed E-state index contributed by atoms with van der Waals surface area (Å²) in [6.07, 6.45) is 0. The predicted octanol–water partition coefficient (Wildman–Crippen LogP) is 3.87. The largest absolute Gasteiger partial charge is 0.483 e. The Balaban J connectivity index is 1.92. The van der Waals surface area contributed by atoms with Crippen molar-refractivity contribution in [1.29, 1.82) is 0 Å². The third-order valence-electron chi connectivity index (χ3n) is 3.83. The average molecular weight is 297 g/mol. The van der Waals surface area contributed by atoms with E-state index < -0.39 is 0 Å². The van der Waals surface area contributed by atoms with E-state index in [1.54, 1.807) is 0 Å². The molecular weight excluding hydrogens is 274 g/mol. The van der Waals surface area contributed by atoms with Crippen molar-refractivity contribution in [3.8, 4) is 5.75 Å². The minimum Gasteiger partial charge on any atom is -0.483 e. The smallest absolute Gasteiger partial charge is 0.258 e. The van der Waals surface area contributed by atoms with Gasteiger partial charge in [-0.2, -0.15) is 0 Å². The maximum Gasteiger partial charge on any atom is 0.258 e. The van der Waals surface area contributed by atoms with Crippen molar-refractivity contribution >= 4 is 5.91 Å². The van der Waals surface area contributed by atoms with Gasteiger partial charge in [-0.3, -0.25) is 4.79 Å². The third kappa shape index (κ3) is 4.10. The van der Waals surface area contributed by atoms with Crippen LogP contribution in [0.15, 0.2) is 42.5 Å². The first-order valence-corrected chi connectivity index (χ1v) is 7.52. The molecule has 0 aromatic heterocycles. The van der Waals surface area contributed by atoms with Crippen molar-refractivity contribution in [2.24, 2.45) is 0 Å². The van der Waals surface area contributed by atoms with Crippen LogP contribution in [0.1, 0.15) is 35.2 Å². The molecule has 0 heterocycles. The summed E-state index contributed by atoms with van der Waals surface area (Å²) in [6.45, 7) is 8.10. The van der Waals surface area contributed by atoms with Gasteiger partial charge in [-0.1, -0.05) is 36.4 Å². The van der Waals surface area contributed by atoms with Crippen LogP contribution in [-0.4, -0.2) is 12.5 Å². The Bertz CT molecular complexity index is 650. The van der Waals surface area contributed by atoms with Crippen LogP contribution in [0.4, 0.5) is 0 Å². The molecule has 0 bridgehead atoms. The first kappa shape index (κ1) is 16.1. The molecule has 0 saturated heterocycles. The monoisotopic (exact) mass is 297 g/mol. The fraction of sp³-hybridized carbons (Fsp3) is 0.316. The molecule has 116 valence electrons. The summed E-state index contributed by atoms with van der Waals surface area (Å²) in [4.78, 5) is 12.0. The van der Waals surface area contributed by atoms with E-state index in [1.165, 1.54) is 11.1 Å². The predicted molar refractivity (Wildman–Crippen MR) is 89.1 cm³/mol. The zero-order valence-electron chi connectivity index (χ0n) is 13.6. The minimum absolute atomic E-state index is 0.0283. The van der Waals surface area contributed by atoms with Gasteiger partial charge in [0.25, 0.3) is 5.91 Å². The fourth-order valence-corrected chi connectivity index (χ4v) is 2.34. The van der Waals surface area contributed by atoms with E-state index in [2.05, 4.69) is 18.3 Å². The normalized spacial score (nSPS) is 11.8. The van der Waals surface area contributed by atoms with Gasteiger partial charge in [0.2, 0.25) is 0 Å². The minimum atomic E-state index is -0.117. The lowest BCUT2D eigenvalue weighted by atomic mass is 10.1. The van der Waals surface area contributed by atoms with Crippen LogP contribution in [-0.2, 0) is 4.79 Å². The van der Waals surface area contributed by atoms with Crippen LogP contribution in [0.5, 0.6) is 5.75 Å². The molecule has 1 atom stereocenters. The Morgan fingerprint density at radius 3 is 2.36 bits per heavy atom. The molecule has 0 radical (unpaired) electrons. The first-order valence-electron chi connectivity index (χ1n) is 7.52. The summed E-state index contributed by atoms with van der Waals surface area (Å²) in [7, 11) is 0. The quantitative estimate of drug-likeness (QED) is 0.910. The maximum absolute atomic E-state index is 12.0. The van der Waals surface area contributed by atoms with Gasteiger partial charge >= 0.3 is 0 Å². The molecule has 3 heteroatoms. The molecule has 1 amide bonds. The molecule has 0 aliphatic heterocycles. The molecule has 0 aliphatic rings. The Morgan fingerprint density at radius 2 is 1.68 bits per heavy atom. The van der Waals surface area contributed by atoms with Gasteiger partial charge in [-0.25, -0.2) is 0 Å². The van der Waals surface area contributed by atoms with Gasteiger partial charge in [-0.15, -0.1) is 0 Å². The van der Waals surface area contributed by atoms with Gasteiger partial charge in [-0.05, 0) is 56.0 Å².